The van der Waals surface area contributed by atoms with Gasteiger partial charge < -0.3 is 19.7 Å². The highest BCUT2D eigenvalue weighted by Crippen LogP contribution is 2.41. The first kappa shape index (κ1) is 22.7. The molecular formula is C25H32N2O4. The van der Waals surface area contributed by atoms with Gasteiger partial charge in [-0.25, -0.2) is 0 Å². The van der Waals surface area contributed by atoms with Crippen LogP contribution < -0.4 is 14.8 Å². The van der Waals surface area contributed by atoms with E-state index in [9.17, 15) is 9.59 Å². The Kier molecular flexibility index (Phi) is 7.55. The van der Waals surface area contributed by atoms with E-state index in [-0.39, 0.29) is 17.9 Å². The number of para-hydroxylation sites is 1. The predicted molar refractivity (Wildman–Crippen MR) is 121 cm³/mol. The summed E-state index contributed by atoms with van der Waals surface area (Å²) in [6.45, 7) is 4.69. The van der Waals surface area contributed by atoms with E-state index in [2.05, 4.69) is 12.2 Å². The van der Waals surface area contributed by atoms with Crippen molar-refractivity contribution < 1.29 is 19.1 Å². The van der Waals surface area contributed by atoms with Gasteiger partial charge in [0.15, 0.2) is 0 Å². The van der Waals surface area contributed by atoms with E-state index in [1.807, 2.05) is 54.3 Å². The van der Waals surface area contributed by atoms with Crippen LogP contribution in [0.5, 0.6) is 11.5 Å². The Hall–Kier alpha value is -3.02. The Bertz CT molecular complexity index is 927. The van der Waals surface area contributed by atoms with E-state index in [0.29, 0.717) is 36.6 Å². The van der Waals surface area contributed by atoms with Crippen molar-refractivity contribution in [3.05, 3.63) is 53.6 Å². The van der Waals surface area contributed by atoms with Crippen LogP contribution >= 0.6 is 0 Å². The molecule has 31 heavy (non-hydrogen) atoms. The molecule has 2 aromatic rings. The fourth-order valence-electron chi connectivity index (χ4n) is 4.26. The SMILES string of the molecule is CCCCN1C(=O)CC[C@H](C(=O)Nc2cc(C)ccc2OC)[C@@H]1c1ccccc1OC. The molecule has 1 aliphatic heterocycles. The number of nitrogens with zero attached hydrogens (tertiary/aromatic N) is 1. The number of rotatable bonds is 8. The van der Waals surface area contributed by atoms with Crippen LogP contribution in [0.3, 0.4) is 0 Å². The van der Waals surface area contributed by atoms with Crippen LogP contribution in [0.2, 0.25) is 0 Å². The summed E-state index contributed by atoms with van der Waals surface area (Å²) in [6.07, 6.45) is 2.71. The molecule has 0 radical (unpaired) electrons. The van der Waals surface area contributed by atoms with Crippen molar-refractivity contribution in [2.24, 2.45) is 5.92 Å². The minimum Gasteiger partial charge on any atom is -0.496 e. The maximum atomic E-state index is 13.5. The number of methoxy groups -OCH3 is 2. The average molecular weight is 425 g/mol. The van der Waals surface area contributed by atoms with Crippen molar-refractivity contribution in [3.63, 3.8) is 0 Å². The molecule has 0 aliphatic carbocycles. The number of benzene rings is 2. The van der Waals surface area contributed by atoms with Crippen molar-refractivity contribution in [3.8, 4) is 11.5 Å². The average Bonchev–Trinajstić information content (AvgIpc) is 2.78. The number of unbranched alkanes of at least 4 members (excludes halogenated alkanes) is 1. The highest BCUT2D eigenvalue weighted by molar-refractivity contribution is 5.96. The number of nitrogens with one attached hydrogen (secondary N) is 1. The zero-order valence-electron chi connectivity index (χ0n) is 18.8. The highest BCUT2D eigenvalue weighted by Gasteiger charge is 2.41. The lowest BCUT2D eigenvalue weighted by molar-refractivity contribution is -0.142. The zero-order chi connectivity index (χ0) is 22.4. The molecule has 2 atom stereocenters. The zero-order valence-corrected chi connectivity index (χ0v) is 18.8. The third-order valence-electron chi connectivity index (χ3n) is 5.87. The van der Waals surface area contributed by atoms with Gasteiger partial charge in [-0.2, -0.15) is 0 Å². The molecule has 166 valence electrons. The van der Waals surface area contributed by atoms with E-state index in [1.165, 1.54) is 0 Å². The third kappa shape index (κ3) is 5.01. The van der Waals surface area contributed by atoms with Gasteiger partial charge >= 0.3 is 0 Å². The molecule has 0 saturated carbocycles. The molecule has 0 spiro atoms. The lowest BCUT2D eigenvalue weighted by Crippen LogP contribution is -2.47. The number of piperidine rings is 1. The van der Waals surface area contributed by atoms with Crippen LogP contribution in [0.25, 0.3) is 0 Å². The predicted octanol–water partition coefficient (Wildman–Crippen LogP) is 4.73. The van der Waals surface area contributed by atoms with Gasteiger partial charge in [-0.05, 0) is 43.5 Å². The van der Waals surface area contributed by atoms with Crippen LogP contribution in [0, 0.1) is 12.8 Å². The Morgan fingerprint density at radius 2 is 1.87 bits per heavy atom. The second-order valence-corrected chi connectivity index (χ2v) is 7.97. The highest BCUT2D eigenvalue weighted by atomic mass is 16.5. The minimum atomic E-state index is -0.393. The van der Waals surface area contributed by atoms with Gasteiger partial charge in [-0.3, -0.25) is 9.59 Å². The molecule has 2 aromatic carbocycles. The van der Waals surface area contributed by atoms with Gasteiger partial charge in [0.25, 0.3) is 0 Å². The largest absolute Gasteiger partial charge is 0.496 e. The van der Waals surface area contributed by atoms with Crippen molar-refractivity contribution in [1.29, 1.82) is 0 Å². The number of amides is 2. The maximum absolute atomic E-state index is 13.5. The number of ether oxygens (including phenoxy) is 2. The van der Waals surface area contributed by atoms with Gasteiger partial charge in [0.2, 0.25) is 11.8 Å². The summed E-state index contributed by atoms with van der Waals surface area (Å²) in [7, 11) is 3.20. The molecule has 1 heterocycles. The topological polar surface area (TPSA) is 67.9 Å². The smallest absolute Gasteiger partial charge is 0.230 e. The number of aryl methyl sites for hydroxylation is 1. The standard InChI is InChI=1S/C25H32N2O4/c1-5-6-15-27-23(28)14-12-19(24(27)18-9-7-8-10-21(18)30-3)25(29)26-20-16-17(2)11-13-22(20)31-4/h7-11,13,16,19,24H,5-6,12,14-15H2,1-4H3,(H,26,29)/t19-,24-/m0/s1. The summed E-state index contributed by atoms with van der Waals surface area (Å²) in [4.78, 5) is 28.3. The van der Waals surface area contributed by atoms with Gasteiger partial charge in [0.1, 0.15) is 11.5 Å². The van der Waals surface area contributed by atoms with E-state index >= 15 is 0 Å². The Morgan fingerprint density at radius 3 is 2.58 bits per heavy atom. The fraction of sp³-hybridized carbons (Fsp3) is 0.440. The molecule has 0 aromatic heterocycles. The second-order valence-electron chi connectivity index (χ2n) is 7.97. The molecule has 1 saturated heterocycles. The molecule has 1 fully saturated rings. The maximum Gasteiger partial charge on any atom is 0.230 e. The normalized spacial score (nSPS) is 18.6. The first-order valence-corrected chi connectivity index (χ1v) is 10.9. The second kappa shape index (κ2) is 10.3. The molecule has 1 aliphatic rings. The van der Waals surface area contributed by atoms with Crippen molar-refractivity contribution in [2.75, 3.05) is 26.1 Å². The number of carbonyl (C=O) groups excluding carboxylic acids is 2. The molecule has 6 heteroatoms. The van der Waals surface area contributed by atoms with Gasteiger partial charge in [-0.15, -0.1) is 0 Å². The van der Waals surface area contributed by atoms with Crippen molar-refractivity contribution >= 4 is 17.5 Å². The van der Waals surface area contributed by atoms with Gasteiger partial charge in [0, 0.05) is 18.5 Å². The van der Waals surface area contributed by atoms with Crippen LogP contribution in [-0.4, -0.2) is 37.5 Å². The minimum absolute atomic E-state index is 0.0848. The summed E-state index contributed by atoms with van der Waals surface area (Å²) >= 11 is 0. The van der Waals surface area contributed by atoms with Crippen molar-refractivity contribution in [2.45, 2.75) is 45.6 Å². The first-order chi connectivity index (χ1) is 15.0. The van der Waals surface area contributed by atoms with E-state index < -0.39 is 5.92 Å². The Morgan fingerprint density at radius 1 is 1.13 bits per heavy atom. The molecule has 3 rings (SSSR count). The lowest BCUT2D eigenvalue weighted by Gasteiger charge is -2.41. The van der Waals surface area contributed by atoms with Gasteiger partial charge in [-0.1, -0.05) is 37.6 Å². The lowest BCUT2D eigenvalue weighted by atomic mass is 9.83. The molecule has 6 nitrogen and oxygen atoms in total. The quantitative estimate of drug-likeness (QED) is 0.665. The molecule has 0 unspecified atom stereocenters. The Labute approximate surface area is 184 Å². The Balaban J connectivity index is 1.99. The van der Waals surface area contributed by atoms with Crippen LogP contribution in [0.15, 0.2) is 42.5 Å². The summed E-state index contributed by atoms with van der Waals surface area (Å²) < 4.78 is 11.0. The summed E-state index contributed by atoms with van der Waals surface area (Å²) in [6, 6.07) is 13.0. The van der Waals surface area contributed by atoms with Crippen molar-refractivity contribution in [1.82, 2.24) is 4.90 Å². The molecule has 2 amide bonds. The summed E-state index contributed by atoms with van der Waals surface area (Å²) in [5, 5.41) is 3.06. The molecule has 1 N–H and O–H groups in total. The number of carbonyl (C=O) groups is 2. The van der Waals surface area contributed by atoms with Gasteiger partial charge in [0.05, 0.1) is 31.9 Å². The fourth-order valence-corrected chi connectivity index (χ4v) is 4.26. The molecular weight excluding hydrogens is 392 g/mol. The summed E-state index contributed by atoms with van der Waals surface area (Å²) in [5.41, 5.74) is 2.54. The van der Waals surface area contributed by atoms with Crippen LogP contribution in [-0.2, 0) is 9.59 Å². The number of hydrogen-bond acceptors (Lipinski definition) is 4. The summed E-state index contributed by atoms with van der Waals surface area (Å²) in [5.74, 6) is 0.878. The number of hydrogen-bond donors (Lipinski definition) is 1. The number of likely N-dealkylation sites (tertiary alicyclic amines) is 1. The van der Waals surface area contributed by atoms with E-state index in [0.717, 1.165) is 24.0 Å². The van der Waals surface area contributed by atoms with Crippen LogP contribution in [0.1, 0.15) is 49.8 Å². The first-order valence-electron chi connectivity index (χ1n) is 10.9. The van der Waals surface area contributed by atoms with Crippen LogP contribution in [0.4, 0.5) is 5.69 Å². The molecule has 0 bridgehead atoms. The third-order valence-corrected chi connectivity index (χ3v) is 5.87. The number of anilines is 1. The van der Waals surface area contributed by atoms with E-state index in [4.69, 9.17) is 9.47 Å². The van der Waals surface area contributed by atoms with E-state index in [1.54, 1.807) is 14.2 Å². The monoisotopic (exact) mass is 424 g/mol.